The highest BCUT2D eigenvalue weighted by molar-refractivity contribution is 9.12. The number of halogens is 2. The van der Waals surface area contributed by atoms with Crippen LogP contribution in [0.2, 0.25) is 0 Å². The zero-order chi connectivity index (χ0) is 11.6. The molecule has 0 saturated carbocycles. The Kier molecular flexibility index (Phi) is 4.32. The summed E-state index contributed by atoms with van der Waals surface area (Å²) in [6.45, 7) is 0. The summed E-state index contributed by atoms with van der Waals surface area (Å²) in [6, 6.07) is 10.3. The van der Waals surface area contributed by atoms with Crippen LogP contribution in [0.5, 0.6) is 0 Å². The van der Waals surface area contributed by atoms with E-state index >= 15 is 0 Å². The molecule has 1 aliphatic heterocycles. The lowest BCUT2D eigenvalue weighted by Gasteiger charge is -2.10. The summed E-state index contributed by atoms with van der Waals surface area (Å²) in [5, 5.41) is 0. The molecule has 1 fully saturated rings. The fourth-order valence-electron chi connectivity index (χ4n) is 2.10. The van der Waals surface area contributed by atoms with Crippen molar-refractivity contribution in [2.24, 2.45) is 0 Å². The molecule has 0 radical (unpaired) electrons. The summed E-state index contributed by atoms with van der Waals surface area (Å²) < 4.78 is 12.5. The van der Waals surface area contributed by atoms with Crippen molar-refractivity contribution in [3.63, 3.8) is 0 Å². The second-order valence-electron chi connectivity index (χ2n) is 4.41. The highest BCUT2D eigenvalue weighted by Gasteiger charge is 2.38. The van der Waals surface area contributed by atoms with Gasteiger partial charge in [0, 0.05) is 28.1 Å². The van der Waals surface area contributed by atoms with E-state index in [1.165, 1.54) is 5.56 Å². The highest BCUT2D eigenvalue weighted by atomic mass is 79.9. The van der Waals surface area contributed by atoms with Gasteiger partial charge in [-0.1, -0.05) is 62.2 Å². The minimum absolute atomic E-state index is 0.383. The van der Waals surface area contributed by atoms with Gasteiger partial charge in [-0.2, -0.15) is 0 Å². The van der Waals surface area contributed by atoms with Crippen molar-refractivity contribution in [1.29, 1.82) is 0 Å². The molecule has 2 rings (SSSR count). The molecule has 0 N–H and O–H groups in total. The molecule has 4 heteroatoms. The minimum Gasteiger partial charge on any atom is -0.323 e. The van der Waals surface area contributed by atoms with Crippen molar-refractivity contribution < 1.29 is 4.57 Å². The van der Waals surface area contributed by atoms with Gasteiger partial charge in [-0.3, -0.25) is 0 Å². The normalized spacial score (nSPS) is 34.1. The first-order valence-electron chi connectivity index (χ1n) is 5.48. The molecule has 16 heavy (non-hydrogen) atoms. The van der Waals surface area contributed by atoms with Gasteiger partial charge in [0.2, 0.25) is 0 Å². The van der Waals surface area contributed by atoms with Crippen molar-refractivity contribution in [2.75, 3.05) is 18.5 Å². The van der Waals surface area contributed by atoms with Gasteiger partial charge in [0.05, 0.1) is 7.14 Å². The molecule has 1 aromatic rings. The Morgan fingerprint density at radius 2 is 1.69 bits per heavy atom. The van der Waals surface area contributed by atoms with Crippen LogP contribution in [0.4, 0.5) is 0 Å². The average molecular weight is 366 g/mol. The zero-order valence-corrected chi connectivity index (χ0v) is 13.0. The molecule has 0 spiro atoms. The van der Waals surface area contributed by atoms with Gasteiger partial charge in [0.1, 0.15) is 0 Å². The Labute approximate surface area is 114 Å². The number of hydrogen-bond acceptors (Lipinski definition) is 1. The number of alkyl halides is 2. The van der Waals surface area contributed by atoms with Gasteiger partial charge in [-0.25, -0.2) is 0 Å². The Hall–Kier alpha value is 0.410. The van der Waals surface area contributed by atoms with Gasteiger partial charge in [-0.05, 0) is 12.0 Å². The Morgan fingerprint density at radius 1 is 1.12 bits per heavy atom. The first-order chi connectivity index (χ1) is 7.59. The van der Waals surface area contributed by atoms with Crippen molar-refractivity contribution in [2.45, 2.75) is 16.1 Å². The Morgan fingerprint density at radius 3 is 2.25 bits per heavy atom. The second kappa shape index (κ2) is 5.37. The monoisotopic (exact) mass is 364 g/mol. The fourth-order valence-corrected chi connectivity index (χ4v) is 9.18. The van der Waals surface area contributed by atoms with E-state index < -0.39 is 7.14 Å². The maximum absolute atomic E-state index is 12.5. The van der Waals surface area contributed by atoms with Crippen LogP contribution in [-0.2, 0) is 11.0 Å². The summed E-state index contributed by atoms with van der Waals surface area (Å²) in [7, 11) is -1.94. The van der Waals surface area contributed by atoms with Crippen LogP contribution >= 0.6 is 39.0 Å². The molecular formula is C12H15Br2OP. The first kappa shape index (κ1) is 12.9. The lowest BCUT2D eigenvalue weighted by Crippen LogP contribution is -2.08. The van der Waals surface area contributed by atoms with Crippen LogP contribution in [0.1, 0.15) is 5.56 Å². The third kappa shape index (κ3) is 3.21. The summed E-state index contributed by atoms with van der Waals surface area (Å²) in [5.41, 5.74) is 1.29. The largest absolute Gasteiger partial charge is 0.323 e. The van der Waals surface area contributed by atoms with E-state index in [9.17, 15) is 4.57 Å². The maximum atomic E-state index is 12.5. The van der Waals surface area contributed by atoms with E-state index in [1.807, 2.05) is 18.2 Å². The third-order valence-electron chi connectivity index (χ3n) is 3.06. The second-order valence-corrected chi connectivity index (χ2v) is 10.1. The molecule has 2 atom stereocenters. The lowest BCUT2D eigenvalue weighted by molar-refractivity contribution is 0.578. The van der Waals surface area contributed by atoms with E-state index in [-0.39, 0.29) is 0 Å². The van der Waals surface area contributed by atoms with Gasteiger partial charge < -0.3 is 4.57 Å². The third-order valence-corrected chi connectivity index (χ3v) is 9.85. The summed E-state index contributed by atoms with van der Waals surface area (Å²) in [6.07, 6.45) is 3.48. The van der Waals surface area contributed by atoms with Crippen molar-refractivity contribution in [3.05, 3.63) is 35.9 Å². The van der Waals surface area contributed by atoms with Gasteiger partial charge >= 0.3 is 0 Å². The average Bonchev–Trinajstić information content (AvgIpc) is 2.53. The highest BCUT2D eigenvalue weighted by Crippen LogP contribution is 2.55. The Bertz CT molecular complexity index is 379. The van der Waals surface area contributed by atoms with E-state index in [0.717, 1.165) is 24.9 Å². The number of aryl methyl sites for hydroxylation is 1. The van der Waals surface area contributed by atoms with Crippen LogP contribution in [0.25, 0.3) is 0 Å². The van der Waals surface area contributed by atoms with E-state index in [4.69, 9.17) is 0 Å². The Balaban J connectivity index is 1.94. The molecule has 0 bridgehead atoms. The molecule has 1 saturated heterocycles. The molecule has 1 heterocycles. The summed E-state index contributed by atoms with van der Waals surface area (Å²) >= 11 is 7.17. The van der Waals surface area contributed by atoms with Crippen LogP contribution in [0.15, 0.2) is 30.3 Å². The molecule has 0 aliphatic carbocycles. The summed E-state index contributed by atoms with van der Waals surface area (Å²) in [5.74, 6) is 0. The van der Waals surface area contributed by atoms with Crippen molar-refractivity contribution in [3.8, 4) is 0 Å². The number of rotatable bonds is 3. The standard InChI is InChI=1S/C12H15Br2OP/c13-11-8-16(15,9-12(11)14)7-6-10-4-2-1-3-5-10/h1-5,11-12H,6-9H2. The first-order valence-corrected chi connectivity index (χ1v) is 9.58. The molecule has 1 nitrogen and oxygen atoms in total. The molecule has 1 aromatic carbocycles. The molecule has 2 unspecified atom stereocenters. The van der Waals surface area contributed by atoms with Gasteiger partial charge in [-0.15, -0.1) is 0 Å². The van der Waals surface area contributed by atoms with E-state index in [0.29, 0.717) is 9.65 Å². The number of hydrogen-bond donors (Lipinski definition) is 0. The van der Waals surface area contributed by atoms with E-state index in [2.05, 4.69) is 44.0 Å². The SMILES string of the molecule is O=P1(CCc2ccccc2)CC(Br)C(Br)C1. The van der Waals surface area contributed by atoms with Crippen molar-refractivity contribution >= 4 is 39.0 Å². The van der Waals surface area contributed by atoms with Gasteiger partial charge in [0.25, 0.3) is 0 Å². The van der Waals surface area contributed by atoms with Crippen LogP contribution in [0.3, 0.4) is 0 Å². The van der Waals surface area contributed by atoms with Crippen LogP contribution in [-0.4, -0.2) is 28.1 Å². The maximum Gasteiger partial charge on any atom is 0.0903 e. The smallest absolute Gasteiger partial charge is 0.0903 e. The molecule has 88 valence electrons. The van der Waals surface area contributed by atoms with Crippen molar-refractivity contribution in [1.82, 2.24) is 0 Å². The zero-order valence-electron chi connectivity index (χ0n) is 8.98. The lowest BCUT2D eigenvalue weighted by atomic mass is 10.2. The van der Waals surface area contributed by atoms with Gasteiger partial charge in [0.15, 0.2) is 0 Å². The van der Waals surface area contributed by atoms with Crippen LogP contribution < -0.4 is 0 Å². The summed E-state index contributed by atoms with van der Waals surface area (Å²) in [4.78, 5) is 0.767. The predicted octanol–water partition coefficient (Wildman–Crippen LogP) is 4.13. The molecule has 0 amide bonds. The topological polar surface area (TPSA) is 17.1 Å². The molecular weight excluding hydrogens is 351 g/mol. The van der Waals surface area contributed by atoms with E-state index in [1.54, 1.807) is 0 Å². The molecule has 1 aliphatic rings. The minimum atomic E-state index is -1.94. The number of benzene rings is 1. The molecule has 0 aromatic heterocycles. The quantitative estimate of drug-likeness (QED) is 0.581. The predicted molar refractivity (Wildman–Crippen MR) is 77.8 cm³/mol. The fraction of sp³-hybridized carbons (Fsp3) is 0.500. The van der Waals surface area contributed by atoms with Crippen LogP contribution in [0, 0.1) is 0 Å².